The Morgan fingerprint density at radius 1 is 1.44 bits per heavy atom. The summed E-state index contributed by atoms with van der Waals surface area (Å²) in [6.07, 6.45) is 1.32. The molecule has 0 aliphatic carbocycles. The second-order valence-electron chi connectivity index (χ2n) is 3.88. The fourth-order valence-electron chi connectivity index (χ4n) is 1.38. The molecule has 0 bridgehead atoms. The summed E-state index contributed by atoms with van der Waals surface area (Å²) >= 11 is 0. The third-order valence-electron chi connectivity index (χ3n) is 2.50. The van der Waals surface area contributed by atoms with Crippen molar-refractivity contribution in [1.29, 1.82) is 0 Å². The molecule has 0 fully saturated rings. The molecule has 0 aliphatic heterocycles. The van der Waals surface area contributed by atoms with Crippen LogP contribution in [-0.2, 0) is 17.1 Å². The van der Waals surface area contributed by atoms with Gasteiger partial charge in [0.15, 0.2) is 5.82 Å². The van der Waals surface area contributed by atoms with Crippen molar-refractivity contribution in [2.75, 3.05) is 10.5 Å². The molecule has 0 saturated carbocycles. The molecule has 9 heteroatoms. The maximum absolute atomic E-state index is 12.1. The molecule has 8 nitrogen and oxygen atoms in total. The largest absolute Gasteiger partial charge is 0.381 e. The van der Waals surface area contributed by atoms with Crippen LogP contribution in [0.5, 0.6) is 0 Å². The standard InChI is InChI=1S/C9H13N5O3S/c1-5-6(2)12-17-9(5)13-18(15,16)7-4-14(3)11-8(7)10/h4,13H,1-3H3,(H2,10,11). The second kappa shape index (κ2) is 4.02. The summed E-state index contributed by atoms with van der Waals surface area (Å²) in [7, 11) is -2.24. The normalized spacial score (nSPS) is 11.7. The molecule has 0 spiro atoms. The third-order valence-corrected chi connectivity index (χ3v) is 3.84. The highest BCUT2D eigenvalue weighted by Gasteiger charge is 2.23. The first-order valence-electron chi connectivity index (χ1n) is 5.06. The molecule has 0 saturated heterocycles. The number of sulfonamides is 1. The van der Waals surface area contributed by atoms with Crippen molar-refractivity contribution in [1.82, 2.24) is 14.9 Å². The first kappa shape index (κ1) is 12.4. The van der Waals surface area contributed by atoms with E-state index in [4.69, 9.17) is 10.3 Å². The number of rotatable bonds is 3. The lowest BCUT2D eigenvalue weighted by Crippen LogP contribution is -2.14. The zero-order valence-electron chi connectivity index (χ0n) is 10.1. The summed E-state index contributed by atoms with van der Waals surface area (Å²) in [5, 5.41) is 7.44. The third kappa shape index (κ3) is 2.04. The molecular formula is C9H13N5O3S. The molecule has 3 N–H and O–H groups in total. The van der Waals surface area contributed by atoms with E-state index < -0.39 is 10.0 Å². The van der Waals surface area contributed by atoms with Gasteiger partial charge in [0.2, 0.25) is 5.88 Å². The van der Waals surface area contributed by atoms with Crippen molar-refractivity contribution in [2.45, 2.75) is 18.7 Å². The van der Waals surface area contributed by atoms with Crippen LogP contribution in [0.1, 0.15) is 11.3 Å². The average Bonchev–Trinajstić information content (AvgIpc) is 2.75. The molecule has 0 aliphatic rings. The molecule has 0 amide bonds. The van der Waals surface area contributed by atoms with Gasteiger partial charge in [0.25, 0.3) is 10.0 Å². The summed E-state index contributed by atoms with van der Waals surface area (Å²) < 4.78 is 32.6. The van der Waals surface area contributed by atoms with Crippen LogP contribution >= 0.6 is 0 Å². The minimum atomic E-state index is -3.82. The van der Waals surface area contributed by atoms with Gasteiger partial charge in [0.05, 0.1) is 5.69 Å². The van der Waals surface area contributed by atoms with Gasteiger partial charge in [-0.05, 0) is 13.8 Å². The number of nitrogens with one attached hydrogen (secondary N) is 1. The van der Waals surface area contributed by atoms with Gasteiger partial charge in [-0.15, -0.1) is 0 Å². The summed E-state index contributed by atoms with van der Waals surface area (Å²) in [5.74, 6) is 0.00893. The van der Waals surface area contributed by atoms with Gasteiger partial charge in [0.1, 0.15) is 4.90 Å². The van der Waals surface area contributed by atoms with E-state index in [-0.39, 0.29) is 16.6 Å². The van der Waals surface area contributed by atoms with Crippen LogP contribution in [0.3, 0.4) is 0 Å². The SMILES string of the molecule is Cc1noc(NS(=O)(=O)c2cn(C)nc2N)c1C. The quantitative estimate of drug-likeness (QED) is 0.835. The van der Waals surface area contributed by atoms with E-state index >= 15 is 0 Å². The number of nitrogen functional groups attached to an aromatic ring is 1. The Bertz CT molecular complexity index is 685. The van der Waals surface area contributed by atoms with E-state index in [0.717, 1.165) is 0 Å². The Morgan fingerprint density at radius 3 is 2.56 bits per heavy atom. The highest BCUT2D eigenvalue weighted by atomic mass is 32.2. The maximum Gasteiger partial charge on any atom is 0.269 e. The molecular weight excluding hydrogens is 258 g/mol. The van der Waals surface area contributed by atoms with E-state index in [1.54, 1.807) is 20.9 Å². The smallest absolute Gasteiger partial charge is 0.269 e. The van der Waals surface area contributed by atoms with Crippen LogP contribution < -0.4 is 10.5 Å². The fourth-order valence-corrected chi connectivity index (χ4v) is 2.53. The number of aromatic nitrogens is 3. The highest BCUT2D eigenvalue weighted by Crippen LogP contribution is 2.23. The Balaban J connectivity index is 2.39. The van der Waals surface area contributed by atoms with Crippen LogP contribution in [0.25, 0.3) is 0 Å². The van der Waals surface area contributed by atoms with E-state index in [1.165, 1.54) is 10.9 Å². The van der Waals surface area contributed by atoms with Gasteiger partial charge in [0, 0.05) is 18.8 Å². The van der Waals surface area contributed by atoms with Gasteiger partial charge in [-0.3, -0.25) is 4.68 Å². The summed E-state index contributed by atoms with van der Waals surface area (Å²) in [6.45, 7) is 3.42. The van der Waals surface area contributed by atoms with Crippen molar-refractivity contribution in [2.24, 2.45) is 7.05 Å². The Kier molecular flexibility index (Phi) is 2.77. The summed E-state index contributed by atoms with van der Waals surface area (Å²) in [5.41, 5.74) is 6.77. The van der Waals surface area contributed by atoms with Gasteiger partial charge in [-0.25, -0.2) is 13.1 Å². The topological polar surface area (TPSA) is 116 Å². The molecule has 0 unspecified atom stereocenters. The Morgan fingerprint density at radius 2 is 2.11 bits per heavy atom. The first-order chi connectivity index (χ1) is 8.31. The fraction of sp³-hybridized carbons (Fsp3) is 0.333. The van der Waals surface area contributed by atoms with E-state index in [1.807, 2.05) is 0 Å². The molecule has 0 aromatic carbocycles. The molecule has 2 aromatic rings. The van der Waals surface area contributed by atoms with Gasteiger partial charge < -0.3 is 10.3 Å². The van der Waals surface area contributed by atoms with Crippen LogP contribution in [0, 0.1) is 13.8 Å². The van der Waals surface area contributed by atoms with Crippen molar-refractivity contribution in [3.05, 3.63) is 17.5 Å². The molecule has 0 radical (unpaired) electrons. The Hall–Kier alpha value is -2.03. The van der Waals surface area contributed by atoms with Crippen LogP contribution in [0.2, 0.25) is 0 Å². The lowest BCUT2D eigenvalue weighted by molar-refractivity contribution is 0.430. The van der Waals surface area contributed by atoms with Crippen molar-refractivity contribution >= 4 is 21.7 Å². The zero-order chi connectivity index (χ0) is 13.5. The minimum Gasteiger partial charge on any atom is -0.381 e. The number of nitrogens with zero attached hydrogens (tertiary/aromatic N) is 3. The maximum atomic E-state index is 12.1. The van der Waals surface area contributed by atoms with Crippen LogP contribution in [0.4, 0.5) is 11.7 Å². The predicted molar refractivity (Wildman–Crippen MR) is 64.4 cm³/mol. The summed E-state index contributed by atoms with van der Waals surface area (Å²) in [4.78, 5) is -0.0987. The second-order valence-corrected chi connectivity index (χ2v) is 5.53. The number of nitrogens with two attached hydrogens (primary N) is 1. The first-order valence-corrected chi connectivity index (χ1v) is 6.54. The molecule has 2 aromatic heterocycles. The predicted octanol–water partition coefficient (Wildman–Crippen LogP) is 0.408. The van der Waals surface area contributed by atoms with Crippen LogP contribution in [-0.4, -0.2) is 23.4 Å². The molecule has 98 valence electrons. The van der Waals surface area contributed by atoms with Crippen LogP contribution in [0.15, 0.2) is 15.6 Å². The molecule has 18 heavy (non-hydrogen) atoms. The summed E-state index contributed by atoms with van der Waals surface area (Å²) in [6, 6.07) is 0. The number of aryl methyl sites for hydroxylation is 2. The lowest BCUT2D eigenvalue weighted by atomic mass is 10.3. The van der Waals surface area contributed by atoms with E-state index in [0.29, 0.717) is 11.3 Å². The highest BCUT2D eigenvalue weighted by molar-refractivity contribution is 7.92. The number of anilines is 2. The number of hydrogen-bond donors (Lipinski definition) is 2. The van der Waals surface area contributed by atoms with Crippen molar-refractivity contribution < 1.29 is 12.9 Å². The average molecular weight is 271 g/mol. The van der Waals surface area contributed by atoms with Gasteiger partial charge in [-0.1, -0.05) is 5.16 Å². The minimum absolute atomic E-state index is 0.0705. The monoisotopic (exact) mass is 271 g/mol. The van der Waals surface area contributed by atoms with Gasteiger partial charge in [-0.2, -0.15) is 5.10 Å². The van der Waals surface area contributed by atoms with E-state index in [9.17, 15) is 8.42 Å². The molecule has 2 rings (SSSR count). The van der Waals surface area contributed by atoms with Crippen molar-refractivity contribution in [3.63, 3.8) is 0 Å². The van der Waals surface area contributed by atoms with Gasteiger partial charge >= 0.3 is 0 Å². The zero-order valence-corrected chi connectivity index (χ0v) is 10.9. The lowest BCUT2D eigenvalue weighted by Gasteiger charge is -2.03. The Labute approximate surface area is 104 Å². The number of hydrogen-bond acceptors (Lipinski definition) is 6. The molecule has 0 atom stereocenters. The van der Waals surface area contributed by atoms with E-state index in [2.05, 4.69) is 15.0 Å². The van der Waals surface area contributed by atoms with Crippen molar-refractivity contribution in [3.8, 4) is 0 Å². The molecule has 2 heterocycles.